The van der Waals surface area contributed by atoms with Crippen LogP contribution in [0, 0.1) is 5.82 Å². The summed E-state index contributed by atoms with van der Waals surface area (Å²) in [4.78, 5) is 5.32. The highest BCUT2D eigenvalue weighted by atomic mass is 32.1. The van der Waals surface area contributed by atoms with E-state index in [4.69, 9.17) is 10.3 Å². The number of rotatable bonds is 3. The highest BCUT2D eigenvalue weighted by Crippen LogP contribution is 2.23. The predicted molar refractivity (Wildman–Crippen MR) is 71.2 cm³/mol. The van der Waals surface area contributed by atoms with Crippen LogP contribution in [0.3, 0.4) is 0 Å². The summed E-state index contributed by atoms with van der Waals surface area (Å²) in [7, 11) is 0. The lowest BCUT2D eigenvalue weighted by atomic mass is 10.2. The monoisotopic (exact) mass is 275 g/mol. The molecule has 0 bridgehead atoms. The van der Waals surface area contributed by atoms with Gasteiger partial charge in [-0.15, -0.1) is 11.3 Å². The molecule has 6 heteroatoms. The standard InChI is InChI=1S/C13H10FN3OS/c14-11-6-8(15)3-4-10(11)13-16-12(17-18-13)7-9-2-1-5-19-9/h1-6H,7,15H2. The van der Waals surface area contributed by atoms with E-state index < -0.39 is 5.82 Å². The summed E-state index contributed by atoms with van der Waals surface area (Å²) < 4.78 is 18.8. The molecule has 1 aromatic carbocycles. The summed E-state index contributed by atoms with van der Waals surface area (Å²) in [5.41, 5.74) is 6.12. The number of aromatic nitrogens is 2. The number of hydrogen-bond acceptors (Lipinski definition) is 5. The van der Waals surface area contributed by atoms with Gasteiger partial charge in [0.25, 0.3) is 5.89 Å². The quantitative estimate of drug-likeness (QED) is 0.746. The Bertz CT molecular complexity index is 694. The maximum absolute atomic E-state index is 13.7. The van der Waals surface area contributed by atoms with Gasteiger partial charge >= 0.3 is 0 Å². The predicted octanol–water partition coefficient (Wildman–Crippen LogP) is 3.11. The normalized spacial score (nSPS) is 10.8. The molecule has 0 unspecified atom stereocenters. The minimum Gasteiger partial charge on any atom is -0.399 e. The highest BCUT2D eigenvalue weighted by molar-refractivity contribution is 7.09. The minimum atomic E-state index is -0.466. The summed E-state index contributed by atoms with van der Waals surface area (Å²) in [5.74, 6) is 0.240. The summed E-state index contributed by atoms with van der Waals surface area (Å²) in [6.07, 6.45) is 0.581. The SMILES string of the molecule is Nc1ccc(-c2nc(Cc3cccs3)no2)c(F)c1. The van der Waals surface area contributed by atoms with Crippen LogP contribution in [0.4, 0.5) is 10.1 Å². The summed E-state index contributed by atoms with van der Waals surface area (Å²) in [6.45, 7) is 0. The van der Waals surface area contributed by atoms with Crippen molar-refractivity contribution >= 4 is 17.0 Å². The van der Waals surface area contributed by atoms with Crippen molar-refractivity contribution in [3.05, 3.63) is 52.2 Å². The molecule has 0 aliphatic carbocycles. The van der Waals surface area contributed by atoms with Gasteiger partial charge in [0, 0.05) is 17.0 Å². The van der Waals surface area contributed by atoms with Gasteiger partial charge in [0.2, 0.25) is 0 Å². The second kappa shape index (κ2) is 4.81. The fourth-order valence-corrected chi connectivity index (χ4v) is 2.41. The zero-order chi connectivity index (χ0) is 13.2. The van der Waals surface area contributed by atoms with Gasteiger partial charge in [0.05, 0.1) is 5.56 Å². The van der Waals surface area contributed by atoms with Crippen molar-refractivity contribution in [2.75, 3.05) is 5.73 Å². The van der Waals surface area contributed by atoms with E-state index in [2.05, 4.69) is 10.1 Å². The van der Waals surface area contributed by atoms with Crippen LogP contribution >= 0.6 is 11.3 Å². The number of nitrogens with two attached hydrogens (primary N) is 1. The molecule has 0 saturated carbocycles. The first-order chi connectivity index (χ1) is 9.22. The molecule has 2 aromatic heterocycles. The summed E-state index contributed by atoms with van der Waals surface area (Å²) in [6, 6.07) is 8.32. The molecule has 3 rings (SSSR count). The second-order valence-electron chi connectivity index (χ2n) is 4.01. The average Bonchev–Trinajstić information content (AvgIpc) is 3.01. The van der Waals surface area contributed by atoms with Gasteiger partial charge in [-0.2, -0.15) is 4.98 Å². The van der Waals surface area contributed by atoms with Crippen molar-refractivity contribution in [1.82, 2.24) is 10.1 Å². The molecule has 2 N–H and O–H groups in total. The van der Waals surface area contributed by atoms with Crippen molar-refractivity contribution in [2.24, 2.45) is 0 Å². The topological polar surface area (TPSA) is 64.9 Å². The van der Waals surface area contributed by atoms with Crippen LogP contribution in [0.2, 0.25) is 0 Å². The van der Waals surface area contributed by atoms with Gasteiger partial charge in [-0.3, -0.25) is 0 Å². The van der Waals surface area contributed by atoms with Crippen LogP contribution in [0.1, 0.15) is 10.7 Å². The molecule has 3 aromatic rings. The Morgan fingerprint density at radius 3 is 2.95 bits per heavy atom. The first-order valence-corrected chi connectivity index (χ1v) is 6.51. The van der Waals surface area contributed by atoms with E-state index in [0.29, 0.717) is 17.9 Å². The third kappa shape index (κ3) is 2.48. The number of benzene rings is 1. The van der Waals surface area contributed by atoms with Crippen LogP contribution in [-0.4, -0.2) is 10.1 Å². The van der Waals surface area contributed by atoms with Crippen molar-refractivity contribution < 1.29 is 8.91 Å². The Morgan fingerprint density at radius 2 is 2.21 bits per heavy atom. The van der Waals surface area contributed by atoms with E-state index >= 15 is 0 Å². The number of halogens is 1. The number of nitrogens with zero attached hydrogens (tertiary/aromatic N) is 2. The zero-order valence-electron chi connectivity index (χ0n) is 9.84. The van der Waals surface area contributed by atoms with E-state index in [9.17, 15) is 4.39 Å². The molecule has 0 aliphatic heterocycles. The lowest BCUT2D eigenvalue weighted by Gasteiger charge is -1.97. The van der Waals surface area contributed by atoms with Crippen molar-refractivity contribution in [3.63, 3.8) is 0 Å². The smallest absolute Gasteiger partial charge is 0.260 e. The molecule has 0 atom stereocenters. The van der Waals surface area contributed by atoms with Gasteiger partial charge in [0.15, 0.2) is 5.82 Å². The second-order valence-corrected chi connectivity index (χ2v) is 5.04. The fourth-order valence-electron chi connectivity index (χ4n) is 1.71. The van der Waals surface area contributed by atoms with E-state index in [0.717, 1.165) is 4.88 Å². The van der Waals surface area contributed by atoms with Crippen LogP contribution < -0.4 is 5.73 Å². The lowest BCUT2D eigenvalue weighted by molar-refractivity contribution is 0.421. The van der Waals surface area contributed by atoms with Crippen molar-refractivity contribution in [2.45, 2.75) is 6.42 Å². The Labute approximate surface area is 112 Å². The number of hydrogen-bond donors (Lipinski definition) is 1. The van der Waals surface area contributed by atoms with Gasteiger partial charge in [-0.1, -0.05) is 11.2 Å². The molecule has 0 fully saturated rings. The molecule has 0 spiro atoms. The third-order valence-corrected chi connectivity index (χ3v) is 3.48. The Balaban J connectivity index is 1.88. The van der Waals surface area contributed by atoms with Crippen LogP contribution in [0.15, 0.2) is 40.2 Å². The fraction of sp³-hybridized carbons (Fsp3) is 0.0769. The molecule has 19 heavy (non-hydrogen) atoms. The van der Waals surface area contributed by atoms with Crippen molar-refractivity contribution in [3.8, 4) is 11.5 Å². The maximum Gasteiger partial charge on any atom is 0.260 e. The largest absolute Gasteiger partial charge is 0.399 e. The molecule has 2 heterocycles. The Morgan fingerprint density at radius 1 is 1.32 bits per heavy atom. The maximum atomic E-state index is 13.7. The number of thiophene rings is 1. The van der Waals surface area contributed by atoms with Crippen LogP contribution in [0.25, 0.3) is 11.5 Å². The van der Waals surface area contributed by atoms with Gasteiger partial charge in [-0.25, -0.2) is 4.39 Å². The molecule has 4 nitrogen and oxygen atoms in total. The van der Waals surface area contributed by atoms with Crippen LogP contribution in [-0.2, 0) is 6.42 Å². The lowest BCUT2D eigenvalue weighted by Crippen LogP contribution is -1.90. The van der Waals surface area contributed by atoms with Crippen molar-refractivity contribution in [1.29, 1.82) is 0 Å². The molecule has 0 saturated heterocycles. The molecule has 0 radical (unpaired) electrons. The number of anilines is 1. The van der Waals surface area contributed by atoms with Gasteiger partial charge in [-0.05, 0) is 29.6 Å². The van der Waals surface area contributed by atoms with Crippen LogP contribution in [0.5, 0.6) is 0 Å². The van der Waals surface area contributed by atoms with Gasteiger partial charge in [0.1, 0.15) is 5.82 Å². The minimum absolute atomic E-state index is 0.170. The van der Waals surface area contributed by atoms with E-state index in [1.165, 1.54) is 12.1 Å². The number of nitrogen functional groups attached to an aromatic ring is 1. The molecular formula is C13H10FN3OS. The van der Waals surface area contributed by atoms with E-state index in [1.54, 1.807) is 17.4 Å². The highest BCUT2D eigenvalue weighted by Gasteiger charge is 2.13. The first-order valence-electron chi connectivity index (χ1n) is 5.63. The molecule has 0 aliphatic rings. The summed E-state index contributed by atoms with van der Waals surface area (Å²) >= 11 is 1.62. The first kappa shape index (κ1) is 11.9. The molecular weight excluding hydrogens is 265 g/mol. The molecule has 0 amide bonds. The van der Waals surface area contributed by atoms with Gasteiger partial charge < -0.3 is 10.3 Å². The van der Waals surface area contributed by atoms with E-state index in [-0.39, 0.29) is 11.5 Å². The Hall–Kier alpha value is -2.21. The Kier molecular flexibility index (Phi) is 3.00. The average molecular weight is 275 g/mol. The summed E-state index contributed by atoms with van der Waals surface area (Å²) in [5, 5.41) is 5.84. The third-order valence-electron chi connectivity index (χ3n) is 2.60. The zero-order valence-corrected chi connectivity index (χ0v) is 10.7. The van der Waals surface area contributed by atoms with E-state index in [1.807, 2.05) is 17.5 Å². The molecule has 96 valence electrons.